The summed E-state index contributed by atoms with van der Waals surface area (Å²) >= 11 is 6.04. The topological polar surface area (TPSA) is 76.4 Å². The first kappa shape index (κ1) is 16.8. The Balaban J connectivity index is 1.87. The molecule has 0 aliphatic carbocycles. The molecule has 128 valence electrons. The number of benzene rings is 1. The summed E-state index contributed by atoms with van der Waals surface area (Å²) < 4.78 is 32.6. The number of rotatable bonds is 5. The van der Waals surface area contributed by atoms with Gasteiger partial charge in [-0.3, -0.25) is 4.79 Å². The maximum Gasteiger partial charge on any atom is 0.292 e. The molecule has 2 aromatic rings. The van der Waals surface area contributed by atoms with Crippen LogP contribution in [-0.2, 0) is 4.74 Å². The van der Waals surface area contributed by atoms with Gasteiger partial charge in [0.15, 0.2) is 5.82 Å². The number of ether oxygens (including phenoxy) is 1. The lowest BCUT2D eigenvalue weighted by Gasteiger charge is -2.40. The minimum Gasteiger partial charge on any atom is -0.396 e. The van der Waals surface area contributed by atoms with Gasteiger partial charge in [0.1, 0.15) is 16.5 Å². The molecule has 9 heteroatoms. The minimum atomic E-state index is -0.924. The lowest BCUT2D eigenvalue weighted by Crippen LogP contribution is -2.50. The molecule has 6 nitrogen and oxygen atoms in total. The summed E-state index contributed by atoms with van der Waals surface area (Å²) in [6.07, 6.45) is 1.27. The van der Waals surface area contributed by atoms with E-state index in [2.05, 4.69) is 10.4 Å². The van der Waals surface area contributed by atoms with E-state index in [1.165, 1.54) is 6.20 Å². The summed E-state index contributed by atoms with van der Waals surface area (Å²) in [5.74, 6) is -1.68. The molecule has 0 unspecified atom stereocenters. The quantitative estimate of drug-likeness (QED) is 0.849. The summed E-state index contributed by atoms with van der Waals surface area (Å²) in [5, 5.41) is 16.0. The Kier molecular flexibility index (Phi) is 4.53. The number of aromatic nitrogens is 2. The van der Waals surface area contributed by atoms with Gasteiger partial charge in [0.2, 0.25) is 0 Å². The predicted molar refractivity (Wildman–Crippen MR) is 83.6 cm³/mol. The second-order valence-corrected chi connectivity index (χ2v) is 6.07. The molecular weight excluding hydrogens is 344 g/mol. The largest absolute Gasteiger partial charge is 0.396 e. The van der Waals surface area contributed by atoms with E-state index < -0.39 is 22.6 Å². The van der Waals surface area contributed by atoms with Crippen LogP contribution < -0.4 is 10.9 Å². The number of hydrogen-bond acceptors (Lipinski definition) is 5. The molecule has 1 saturated heterocycles. The molecule has 1 fully saturated rings. The number of hydrogen-bond donors (Lipinski definition) is 2. The van der Waals surface area contributed by atoms with Crippen LogP contribution in [0.1, 0.15) is 0 Å². The SMILES string of the molecule is O=c1c(Cl)c(NCC2(CO)COC2)cnn1-c1ccc(F)cc1F. The number of nitrogens with one attached hydrogen (secondary N) is 1. The highest BCUT2D eigenvalue weighted by molar-refractivity contribution is 6.32. The number of nitrogens with zero attached hydrogens (tertiary/aromatic N) is 2. The van der Waals surface area contributed by atoms with Gasteiger partial charge in [-0.15, -0.1) is 0 Å². The van der Waals surface area contributed by atoms with E-state index in [-0.39, 0.29) is 23.0 Å². The highest BCUT2D eigenvalue weighted by atomic mass is 35.5. The zero-order valence-corrected chi connectivity index (χ0v) is 13.2. The molecule has 24 heavy (non-hydrogen) atoms. The van der Waals surface area contributed by atoms with Crippen molar-refractivity contribution in [3.8, 4) is 5.69 Å². The van der Waals surface area contributed by atoms with E-state index in [0.717, 1.165) is 16.8 Å². The van der Waals surface area contributed by atoms with Crippen molar-refractivity contribution < 1.29 is 18.6 Å². The normalized spacial score (nSPS) is 15.8. The molecule has 0 bridgehead atoms. The highest BCUT2D eigenvalue weighted by Crippen LogP contribution is 2.28. The Labute approximate surface area is 140 Å². The van der Waals surface area contributed by atoms with Crippen LogP contribution in [0.4, 0.5) is 14.5 Å². The molecule has 0 saturated carbocycles. The van der Waals surface area contributed by atoms with Crippen molar-refractivity contribution in [3.05, 3.63) is 51.4 Å². The first-order valence-corrected chi connectivity index (χ1v) is 7.49. The first-order chi connectivity index (χ1) is 11.5. The summed E-state index contributed by atoms with van der Waals surface area (Å²) in [5.41, 5.74) is -1.09. The summed E-state index contributed by atoms with van der Waals surface area (Å²) in [4.78, 5) is 12.3. The fourth-order valence-corrected chi connectivity index (χ4v) is 2.50. The van der Waals surface area contributed by atoms with Crippen LogP contribution in [0.15, 0.2) is 29.2 Å². The third-order valence-corrected chi connectivity index (χ3v) is 4.23. The van der Waals surface area contributed by atoms with Crippen LogP contribution in [0.3, 0.4) is 0 Å². The van der Waals surface area contributed by atoms with Crippen molar-refractivity contribution in [2.75, 3.05) is 31.7 Å². The molecule has 1 aliphatic heterocycles. The van der Waals surface area contributed by atoms with Crippen LogP contribution in [0.5, 0.6) is 0 Å². The molecule has 0 radical (unpaired) electrons. The predicted octanol–water partition coefficient (Wildman–Crippen LogP) is 1.58. The molecule has 1 aliphatic rings. The molecule has 0 spiro atoms. The summed E-state index contributed by atoms with van der Waals surface area (Å²) in [7, 11) is 0. The molecular formula is C15H14ClF2N3O3. The van der Waals surface area contributed by atoms with Gasteiger partial charge in [0.05, 0.1) is 37.1 Å². The highest BCUT2D eigenvalue weighted by Gasteiger charge is 2.38. The Morgan fingerprint density at radius 2 is 2.17 bits per heavy atom. The molecule has 3 rings (SSSR count). The van der Waals surface area contributed by atoms with Gasteiger partial charge in [0, 0.05) is 12.6 Å². The van der Waals surface area contributed by atoms with E-state index >= 15 is 0 Å². The van der Waals surface area contributed by atoms with Crippen molar-refractivity contribution in [1.82, 2.24) is 9.78 Å². The van der Waals surface area contributed by atoms with Crippen LogP contribution in [-0.4, -0.2) is 41.3 Å². The van der Waals surface area contributed by atoms with Crippen molar-refractivity contribution in [3.63, 3.8) is 0 Å². The molecule has 1 aromatic carbocycles. The number of aliphatic hydroxyl groups excluding tert-OH is 1. The van der Waals surface area contributed by atoms with Gasteiger partial charge < -0.3 is 15.2 Å². The van der Waals surface area contributed by atoms with Gasteiger partial charge >= 0.3 is 0 Å². The zero-order chi connectivity index (χ0) is 17.3. The molecule has 0 amide bonds. The molecule has 0 atom stereocenters. The fourth-order valence-electron chi connectivity index (χ4n) is 2.30. The second kappa shape index (κ2) is 6.46. The molecule has 2 N–H and O–H groups in total. The van der Waals surface area contributed by atoms with E-state index in [9.17, 15) is 18.7 Å². The summed E-state index contributed by atoms with van der Waals surface area (Å²) in [6.45, 7) is 1.08. The van der Waals surface area contributed by atoms with E-state index in [0.29, 0.717) is 25.8 Å². The van der Waals surface area contributed by atoms with E-state index in [4.69, 9.17) is 16.3 Å². The van der Waals surface area contributed by atoms with E-state index in [1.54, 1.807) is 0 Å². The Morgan fingerprint density at radius 1 is 1.42 bits per heavy atom. The van der Waals surface area contributed by atoms with Gasteiger partial charge in [-0.1, -0.05) is 11.6 Å². The van der Waals surface area contributed by atoms with Crippen LogP contribution in [0.2, 0.25) is 5.02 Å². The van der Waals surface area contributed by atoms with Crippen molar-refractivity contribution >= 4 is 17.3 Å². The third kappa shape index (κ3) is 3.00. The Hall–Kier alpha value is -2.03. The number of aliphatic hydroxyl groups is 1. The summed E-state index contributed by atoms with van der Waals surface area (Å²) in [6, 6.07) is 2.79. The zero-order valence-electron chi connectivity index (χ0n) is 12.4. The first-order valence-electron chi connectivity index (χ1n) is 7.11. The van der Waals surface area contributed by atoms with Gasteiger partial charge in [-0.05, 0) is 12.1 Å². The average Bonchev–Trinajstić information content (AvgIpc) is 2.51. The Bertz CT molecular complexity index is 819. The minimum absolute atomic E-state index is 0.0666. The van der Waals surface area contributed by atoms with E-state index in [1.807, 2.05) is 0 Å². The maximum atomic E-state index is 13.8. The number of anilines is 1. The molecule has 1 aromatic heterocycles. The second-order valence-electron chi connectivity index (χ2n) is 5.69. The van der Waals surface area contributed by atoms with Crippen molar-refractivity contribution in [1.29, 1.82) is 0 Å². The lowest BCUT2D eigenvalue weighted by molar-refractivity contribution is -0.128. The lowest BCUT2D eigenvalue weighted by atomic mass is 9.87. The van der Waals surface area contributed by atoms with Gasteiger partial charge in [-0.2, -0.15) is 9.78 Å². The maximum absolute atomic E-state index is 13.8. The monoisotopic (exact) mass is 357 g/mol. The van der Waals surface area contributed by atoms with Crippen molar-refractivity contribution in [2.24, 2.45) is 5.41 Å². The Morgan fingerprint density at radius 3 is 2.75 bits per heavy atom. The molecule has 2 heterocycles. The number of halogens is 3. The van der Waals surface area contributed by atoms with Crippen LogP contribution in [0, 0.1) is 17.0 Å². The fraction of sp³-hybridized carbons (Fsp3) is 0.333. The van der Waals surface area contributed by atoms with Crippen LogP contribution in [0.25, 0.3) is 5.69 Å². The van der Waals surface area contributed by atoms with Crippen molar-refractivity contribution in [2.45, 2.75) is 0 Å². The van der Waals surface area contributed by atoms with Gasteiger partial charge in [-0.25, -0.2) is 8.78 Å². The third-order valence-electron chi connectivity index (χ3n) is 3.86. The average molecular weight is 358 g/mol. The smallest absolute Gasteiger partial charge is 0.292 e. The van der Waals surface area contributed by atoms with Gasteiger partial charge in [0.25, 0.3) is 5.56 Å². The standard InChI is InChI=1S/C15H14ClF2N3O3/c16-13-11(19-5-15(6-22)7-24-8-15)4-20-21(14(13)23)12-2-1-9(17)3-10(12)18/h1-4,19,22H,5-8H2. The van der Waals surface area contributed by atoms with Crippen LogP contribution >= 0.6 is 11.6 Å².